The number of hydrogen-bond donors (Lipinski definition) is 6. The first-order valence-electron chi connectivity index (χ1n) is 19.9. The van der Waals surface area contributed by atoms with E-state index in [-0.39, 0.29) is 63.7 Å². The molecule has 0 aliphatic carbocycles. The van der Waals surface area contributed by atoms with E-state index in [1.165, 1.54) is 47.1 Å². The molecule has 444 valence electrons. The van der Waals surface area contributed by atoms with E-state index in [4.69, 9.17) is 31.7 Å². The average Bonchev–Trinajstić information content (AvgIpc) is 3.98. The second-order valence-electron chi connectivity index (χ2n) is 14.0. The van der Waals surface area contributed by atoms with E-state index in [0.29, 0.717) is 29.5 Å². The molecular weight excluding hydrogens is 1650 g/mol. The van der Waals surface area contributed by atoms with Gasteiger partial charge in [0.05, 0.1) is 31.3 Å². The molecule has 81 heavy (non-hydrogen) atoms. The minimum absolute atomic E-state index is 0. The van der Waals surface area contributed by atoms with Crippen molar-refractivity contribution in [1.82, 2.24) is 59.9 Å². The number of aromatic hydroxyl groups is 2. The van der Waals surface area contributed by atoms with Gasteiger partial charge in [-0.25, -0.2) is 19.9 Å². The molecule has 8 aromatic heterocycles. The van der Waals surface area contributed by atoms with Crippen LogP contribution in [0.3, 0.4) is 0 Å². The topological polar surface area (TPSA) is 358 Å². The molecule has 0 aliphatic heterocycles. The van der Waals surface area contributed by atoms with Crippen molar-refractivity contribution in [1.29, 1.82) is 0 Å². The summed E-state index contributed by atoms with van der Waals surface area (Å²) in [6.45, 7) is 7.01. The molecule has 8 heterocycles. The summed E-state index contributed by atoms with van der Waals surface area (Å²) < 4.78 is 77.6. The number of pyridine rings is 6. The third kappa shape index (κ3) is 27.8. The highest BCUT2D eigenvalue weighted by molar-refractivity contribution is 14.1. The third-order valence-electron chi connectivity index (χ3n) is 8.45. The van der Waals surface area contributed by atoms with Crippen LogP contribution in [0.4, 0.5) is 49.6 Å². The highest BCUT2D eigenvalue weighted by Crippen LogP contribution is 2.29. The number of nitrogens with zero attached hydrogens (tertiary/aromatic N) is 14. The largest absolute Gasteiger partial charge is 0.511 e. The molecule has 8 rings (SSSR count). The maximum atomic E-state index is 13.1. The van der Waals surface area contributed by atoms with Crippen LogP contribution >= 0.6 is 113 Å². The van der Waals surface area contributed by atoms with Crippen LogP contribution in [0.25, 0.3) is 11.3 Å². The quantitative estimate of drug-likeness (QED) is 0.0238. The van der Waals surface area contributed by atoms with Gasteiger partial charge in [-0.2, -0.15) is 56.3 Å². The summed E-state index contributed by atoms with van der Waals surface area (Å²) >= 11 is 9.30. The fraction of sp³-hybridized carbons (Fsp3) is 0.244. The Bertz CT molecular complexity index is 3170. The Hall–Kier alpha value is -5.61. The van der Waals surface area contributed by atoms with Crippen LogP contribution < -0.4 is 17.1 Å². The molecule has 0 aliphatic rings. The Morgan fingerprint density at radius 2 is 0.938 bits per heavy atom. The molecular formula is C45H56BF6I5N16O8. The maximum absolute atomic E-state index is 13.1. The van der Waals surface area contributed by atoms with E-state index < -0.39 is 70.0 Å². The number of aryl methyl sites for hydroxylation is 3. The van der Waals surface area contributed by atoms with Crippen molar-refractivity contribution in [3.63, 3.8) is 0 Å². The number of nitrogens with two attached hydrogens (primary N) is 2. The SMILES string of the molecule is C.C.C.C.C.Cc1c(-c2cnn(C)n2)cc(F)nc1N.Cc1c(I)cc(F)nc1N.Cc1c(I)cc(F)nc1[N+](=O)[O-].Cc1cnc(F)cc1I.Cn1ncc(B(O)O)n1.O=[N+]([O-])c1nc(F)cc(I)c1O.Oc1cnc(F)cc1I. The molecule has 0 radical (unpaired) electrons. The summed E-state index contributed by atoms with van der Waals surface area (Å²) in [6, 6.07) is 7.29. The number of nitro groups is 2. The molecule has 0 atom stereocenters. The van der Waals surface area contributed by atoms with Gasteiger partial charge in [0.15, 0.2) is 0 Å². The molecule has 36 heteroatoms. The summed E-state index contributed by atoms with van der Waals surface area (Å²) in [5.41, 5.74) is 15.2. The van der Waals surface area contributed by atoms with Gasteiger partial charge >= 0.3 is 30.6 Å². The number of hydrogen-bond acceptors (Lipinski definition) is 20. The molecule has 0 spiro atoms. The third-order valence-corrected chi connectivity index (χ3v) is 13.5. The van der Waals surface area contributed by atoms with E-state index >= 15 is 0 Å². The lowest BCUT2D eigenvalue weighted by atomic mass is 9.87. The first-order chi connectivity index (χ1) is 35.3. The van der Waals surface area contributed by atoms with E-state index in [1.807, 2.05) is 81.6 Å². The van der Waals surface area contributed by atoms with Crippen LogP contribution in [0.2, 0.25) is 0 Å². The second kappa shape index (κ2) is 39.0. The van der Waals surface area contributed by atoms with E-state index in [2.05, 4.69) is 72.9 Å². The van der Waals surface area contributed by atoms with Crippen LogP contribution in [0.5, 0.6) is 11.5 Å². The van der Waals surface area contributed by atoms with Crippen LogP contribution in [-0.2, 0) is 14.1 Å². The molecule has 0 bridgehead atoms. The van der Waals surface area contributed by atoms with Crippen LogP contribution in [-0.4, -0.2) is 97.1 Å². The first kappa shape index (κ1) is 81.9. The lowest BCUT2D eigenvalue weighted by Crippen LogP contribution is -2.31. The van der Waals surface area contributed by atoms with Gasteiger partial charge in [0.1, 0.15) is 28.7 Å². The van der Waals surface area contributed by atoms with Crippen molar-refractivity contribution in [2.24, 2.45) is 14.1 Å². The molecule has 0 saturated heterocycles. The fourth-order valence-electron chi connectivity index (χ4n) is 4.56. The standard InChI is InChI=1S/C9H10FN5.C6H4FIN2O2.C6H6FIN2.C6H5FIN.C5H2FIN2O3.C5H3FINO.C3H6BN3O2.5CH4/c1-5-6(3-8(10)13-9(5)11)7-4-12-15(2)14-7;1-3-4(8)2-5(7)9-6(3)10(11)12;1-3-4(8)2-5(7)10-6(3)9;1-4-3-9-6(7)2-5(4)8;6-3-1-2(7)4(10)5(8-3)9(11)12;6-5-1-3(7)4(9)2-8-5;1-7-5-2-3(6-7)4(8)9;;;;;/h3-4H,1-2H3,(H2,11,13);2H,1H3;2H,1H3,(H2,9,10);2-3H,1H3;1,10H;1-2,9H;2,8-9H,1H3;5*1H4. The summed E-state index contributed by atoms with van der Waals surface area (Å²) in [4.78, 5) is 41.2. The Morgan fingerprint density at radius 3 is 1.33 bits per heavy atom. The Kier molecular flexibility index (Phi) is 39.4. The molecule has 0 aromatic carbocycles. The molecule has 8 N–H and O–H groups in total. The molecule has 0 amide bonds. The zero-order valence-corrected chi connectivity index (χ0v) is 50.1. The van der Waals surface area contributed by atoms with Crippen molar-refractivity contribution in [3.05, 3.63) is 157 Å². The number of anilines is 2. The molecule has 8 aromatic rings. The second-order valence-corrected chi connectivity index (χ2v) is 19.8. The first-order valence-corrected chi connectivity index (χ1v) is 25.3. The van der Waals surface area contributed by atoms with Crippen LogP contribution in [0.1, 0.15) is 59.4 Å². The minimum Gasteiger partial charge on any atom is -0.505 e. The lowest BCUT2D eigenvalue weighted by molar-refractivity contribution is -0.391. The fourth-order valence-corrected chi connectivity index (χ4v) is 6.88. The molecule has 0 unspecified atom stereocenters. The summed E-state index contributed by atoms with van der Waals surface area (Å²) in [6.07, 6.45) is 5.46. The van der Waals surface area contributed by atoms with Gasteiger partial charge in [0.25, 0.3) is 0 Å². The minimum atomic E-state index is -1.52. The highest BCUT2D eigenvalue weighted by Gasteiger charge is 2.21. The summed E-state index contributed by atoms with van der Waals surface area (Å²) in [5, 5.41) is 70.4. The van der Waals surface area contributed by atoms with Gasteiger partial charge in [-0.15, -0.1) is 0 Å². The zero-order valence-electron chi connectivity index (χ0n) is 39.3. The smallest absolute Gasteiger partial charge is 0.505 e. The lowest BCUT2D eigenvalue weighted by Gasteiger charge is -2.04. The van der Waals surface area contributed by atoms with Gasteiger partial charge in [-0.05, 0) is 166 Å². The van der Waals surface area contributed by atoms with Gasteiger partial charge in [0, 0.05) is 84.1 Å². The Labute approximate surface area is 530 Å². The van der Waals surface area contributed by atoms with Gasteiger partial charge in [-0.1, -0.05) is 37.1 Å². The van der Waals surface area contributed by atoms with Crippen molar-refractivity contribution >= 4 is 149 Å². The van der Waals surface area contributed by atoms with E-state index in [1.54, 1.807) is 49.8 Å². The monoisotopic (exact) mass is 1710 g/mol. The van der Waals surface area contributed by atoms with Crippen molar-refractivity contribution < 1.29 is 56.5 Å². The van der Waals surface area contributed by atoms with Gasteiger partial charge < -0.3 is 52.0 Å². The summed E-state index contributed by atoms with van der Waals surface area (Å²) in [7, 11) is 1.78. The predicted octanol–water partition coefficient (Wildman–Crippen LogP) is 10.4. The maximum Gasteiger partial charge on any atom is 0.511 e. The number of nitrogen functional groups attached to an aromatic ring is 2. The highest BCUT2D eigenvalue weighted by atomic mass is 127. The predicted molar refractivity (Wildman–Crippen MR) is 338 cm³/mol. The summed E-state index contributed by atoms with van der Waals surface area (Å²) in [5.74, 6) is -5.35. The normalized spacial score (nSPS) is 9.32. The number of halogens is 11. The van der Waals surface area contributed by atoms with Crippen molar-refractivity contribution in [2.45, 2.75) is 64.8 Å². The van der Waals surface area contributed by atoms with Gasteiger partial charge in [-0.3, -0.25) is 0 Å². The van der Waals surface area contributed by atoms with E-state index in [9.17, 15) is 46.6 Å². The van der Waals surface area contributed by atoms with Crippen LogP contribution in [0.15, 0.2) is 61.2 Å². The number of rotatable bonds is 4. The molecule has 0 fully saturated rings. The van der Waals surface area contributed by atoms with Crippen LogP contribution in [0, 0.1) is 101 Å². The van der Waals surface area contributed by atoms with Crippen molar-refractivity contribution in [3.8, 4) is 22.8 Å². The Morgan fingerprint density at radius 1 is 0.531 bits per heavy atom. The Balaban J connectivity index is -0.000000426. The molecule has 24 nitrogen and oxygen atoms in total. The van der Waals surface area contributed by atoms with E-state index in [0.717, 1.165) is 42.7 Å². The van der Waals surface area contributed by atoms with Crippen molar-refractivity contribution in [2.75, 3.05) is 11.5 Å². The number of aromatic nitrogens is 12. The average molecular weight is 1710 g/mol. The van der Waals surface area contributed by atoms with Gasteiger partial charge in [0.2, 0.25) is 29.5 Å². The molecule has 0 saturated carbocycles. The zero-order chi connectivity index (χ0) is 57.9.